The van der Waals surface area contributed by atoms with Crippen LogP contribution in [-0.4, -0.2) is 9.97 Å². The molecule has 0 saturated carbocycles. The van der Waals surface area contributed by atoms with E-state index in [1.165, 1.54) is 0 Å². The zero-order valence-corrected chi connectivity index (χ0v) is 7.17. The van der Waals surface area contributed by atoms with E-state index < -0.39 is 0 Å². The fraction of sp³-hybridized carbons (Fsp3) is 0. The molecule has 0 saturated heterocycles. The van der Waals surface area contributed by atoms with Crippen molar-refractivity contribution >= 4 is 26.8 Å². The van der Waals surface area contributed by atoms with Crippen LogP contribution in [0.25, 0.3) is 10.9 Å². The zero-order chi connectivity index (χ0) is 7.68. The van der Waals surface area contributed by atoms with Crippen LogP contribution in [0.5, 0.6) is 0 Å². The standard InChI is InChI=1S/C8H4BrN2/c9-7-2-1-6-4-10-5-11-8(6)3-7/h1-4H. The molecule has 0 bridgehead atoms. The molecule has 11 heavy (non-hydrogen) atoms. The van der Waals surface area contributed by atoms with Gasteiger partial charge >= 0.3 is 0 Å². The molecule has 1 aromatic heterocycles. The van der Waals surface area contributed by atoms with E-state index in [0.717, 1.165) is 15.4 Å². The summed E-state index contributed by atoms with van der Waals surface area (Å²) in [7, 11) is 0. The Kier molecular flexibility index (Phi) is 1.58. The van der Waals surface area contributed by atoms with Gasteiger partial charge in [-0.15, -0.1) is 0 Å². The summed E-state index contributed by atoms with van der Waals surface area (Å²) >= 11 is 3.36. The molecule has 0 spiro atoms. The molecule has 0 fully saturated rings. The van der Waals surface area contributed by atoms with Crippen molar-refractivity contribution in [1.82, 2.24) is 9.97 Å². The van der Waals surface area contributed by atoms with E-state index in [9.17, 15) is 0 Å². The van der Waals surface area contributed by atoms with Gasteiger partial charge in [0, 0.05) is 16.1 Å². The average Bonchev–Trinajstić information content (AvgIpc) is 2.04. The quantitative estimate of drug-likeness (QED) is 0.663. The van der Waals surface area contributed by atoms with E-state index in [1.54, 1.807) is 6.20 Å². The Morgan fingerprint density at radius 1 is 1.36 bits per heavy atom. The Morgan fingerprint density at radius 3 is 3.18 bits per heavy atom. The number of rotatable bonds is 0. The summed E-state index contributed by atoms with van der Waals surface area (Å²) in [6, 6.07) is 5.87. The number of hydrogen-bond acceptors (Lipinski definition) is 2. The first-order valence-corrected chi connectivity index (χ1v) is 3.94. The van der Waals surface area contributed by atoms with Crippen molar-refractivity contribution in [2.45, 2.75) is 0 Å². The van der Waals surface area contributed by atoms with E-state index in [4.69, 9.17) is 0 Å². The lowest BCUT2D eigenvalue weighted by atomic mass is 10.2. The molecule has 0 unspecified atom stereocenters. The summed E-state index contributed by atoms with van der Waals surface area (Å²) in [5.74, 6) is 0. The van der Waals surface area contributed by atoms with Crippen molar-refractivity contribution in [1.29, 1.82) is 0 Å². The molecule has 0 amide bonds. The van der Waals surface area contributed by atoms with Crippen molar-refractivity contribution in [3.8, 4) is 0 Å². The molecule has 3 heteroatoms. The SMILES string of the molecule is Brc1ccc2cn[c]nc2c1. The summed E-state index contributed by atoms with van der Waals surface area (Å²) in [5.41, 5.74) is 0.911. The van der Waals surface area contributed by atoms with Crippen molar-refractivity contribution < 1.29 is 0 Å². The van der Waals surface area contributed by atoms with E-state index in [2.05, 4.69) is 32.2 Å². The Balaban J connectivity index is 2.83. The smallest absolute Gasteiger partial charge is 0.198 e. The Labute approximate surface area is 72.4 Å². The van der Waals surface area contributed by atoms with Crippen LogP contribution in [0.3, 0.4) is 0 Å². The molecule has 0 atom stereocenters. The highest BCUT2D eigenvalue weighted by Crippen LogP contribution is 2.15. The lowest BCUT2D eigenvalue weighted by molar-refractivity contribution is 1.20. The molecule has 0 aliphatic carbocycles. The molecule has 1 heterocycles. The molecule has 2 nitrogen and oxygen atoms in total. The van der Waals surface area contributed by atoms with Gasteiger partial charge in [0.1, 0.15) is 0 Å². The van der Waals surface area contributed by atoms with E-state index in [0.29, 0.717) is 0 Å². The van der Waals surface area contributed by atoms with Crippen LogP contribution in [0.4, 0.5) is 0 Å². The number of benzene rings is 1. The van der Waals surface area contributed by atoms with Crippen molar-refractivity contribution in [2.24, 2.45) is 0 Å². The minimum Gasteiger partial charge on any atom is -0.233 e. The summed E-state index contributed by atoms with van der Waals surface area (Å²) < 4.78 is 1.03. The minimum atomic E-state index is 0.911. The van der Waals surface area contributed by atoms with Crippen LogP contribution in [0.1, 0.15) is 0 Å². The number of aromatic nitrogens is 2. The minimum absolute atomic E-state index is 0.911. The van der Waals surface area contributed by atoms with Crippen LogP contribution in [0, 0.1) is 6.33 Å². The molecule has 2 aromatic rings. The Morgan fingerprint density at radius 2 is 2.27 bits per heavy atom. The van der Waals surface area contributed by atoms with Gasteiger partial charge in [-0.05, 0) is 12.1 Å². The fourth-order valence-electron chi connectivity index (χ4n) is 0.904. The number of hydrogen-bond donors (Lipinski definition) is 0. The van der Waals surface area contributed by atoms with E-state index in [-0.39, 0.29) is 0 Å². The molecular weight excluding hydrogens is 204 g/mol. The molecule has 2 rings (SSSR count). The highest BCUT2D eigenvalue weighted by molar-refractivity contribution is 9.10. The first kappa shape index (κ1) is 6.73. The predicted octanol–water partition coefficient (Wildman–Crippen LogP) is 2.19. The van der Waals surface area contributed by atoms with Gasteiger partial charge in [0.2, 0.25) is 0 Å². The van der Waals surface area contributed by atoms with Gasteiger partial charge in [-0.2, -0.15) is 0 Å². The zero-order valence-electron chi connectivity index (χ0n) is 5.58. The van der Waals surface area contributed by atoms with Gasteiger partial charge < -0.3 is 0 Å². The maximum Gasteiger partial charge on any atom is 0.198 e. The molecule has 1 radical (unpaired) electrons. The number of nitrogens with zero attached hydrogens (tertiary/aromatic N) is 2. The molecular formula is C8H4BrN2. The van der Waals surface area contributed by atoms with Crippen LogP contribution in [0.2, 0.25) is 0 Å². The second kappa shape index (κ2) is 2.58. The van der Waals surface area contributed by atoms with Crippen LogP contribution < -0.4 is 0 Å². The van der Waals surface area contributed by atoms with Crippen molar-refractivity contribution in [2.75, 3.05) is 0 Å². The average molecular weight is 208 g/mol. The number of halogens is 1. The summed E-state index contributed by atoms with van der Waals surface area (Å²) in [5, 5.41) is 1.03. The molecule has 1 aromatic carbocycles. The van der Waals surface area contributed by atoms with Gasteiger partial charge in [-0.1, -0.05) is 22.0 Å². The maximum atomic E-state index is 3.98. The Bertz CT molecular complexity index is 387. The van der Waals surface area contributed by atoms with E-state index in [1.807, 2.05) is 18.2 Å². The van der Waals surface area contributed by atoms with Gasteiger partial charge in [-0.3, -0.25) is 0 Å². The largest absolute Gasteiger partial charge is 0.233 e. The monoisotopic (exact) mass is 207 g/mol. The highest BCUT2D eigenvalue weighted by Gasteiger charge is 1.93. The number of fused-ring (bicyclic) bond motifs is 1. The first-order chi connectivity index (χ1) is 5.36. The van der Waals surface area contributed by atoms with Crippen LogP contribution >= 0.6 is 15.9 Å². The second-order valence-corrected chi connectivity index (χ2v) is 3.09. The summed E-state index contributed by atoms with van der Waals surface area (Å²) in [6.45, 7) is 0. The van der Waals surface area contributed by atoms with E-state index >= 15 is 0 Å². The van der Waals surface area contributed by atoms with Gasteiger partial charge in [0.25, 0.3) is 0 Å². The molecule has 0 N–H and O–H groups in total. The van der Waals surface area contributed by atoms with Crippen molar-refractivity contribution in [3.05, 3.63) is 35.2 Å². The fourth-order valence-corrected chi connectivity index (χ4v) is 1.25. The van der Waals surface area contributed by atoms with Crippen LogP contribution in [0.15, 0.2) is 28.9 Å². The molecule has 53 valence electrons. The van der Waals surface area contributed by atoms with Crippen molar-refractivity contribution in [3.63, 3.8) is 0 Å². The lowest BCUT2D eigenvalue weighted by Gasteiger charge is -1.93. The summed E-state index contributed by atoms with van der Waals surface area (Å²) in [4.78, 5) is 7.77. The first-order valence-electron chi connectivity index (χ1n) is 3.14. The topological polar surface area (TPSA) is 25.8 Å². The van der Waals surface area contributed by atoms with Gasteiger partial charge in [0.05, 0.1) is 5.52 Å². The predicted molar refractivity (Wildman–Crippen MR) is 46.1 cm³/mol. The molecule has 0 aliphatic rings. The third-order valence-corrected chi connectivity index (χ3v) is 1.92. The second-order valence-electron chi connectivity index (χ2n) is 2.17. The lowest BCUT2D eigenvalue weighted by Crippen LogP contribution is -1.80. The third-order valence-electron chi connectivity index (χ3n) is 1.42. The normalized spacial score (nSPS) is 10.3. The van der Waals surface area contributed by atoms with Gasteiger partial charge in [0.15, 0.2) is 6.33 Å². The van der Waals surface area contributed by atoms with Crippen LogP contribution in [-0.2, 0) is 0 Å². The maximum absolute atomic E-state index is 3.98. The highest BCUT2D eigenvalue weighted by atomic mass is 79.9. The Hall–Kier alpha value is -0.960. The molecule has 0 aliphatic heterocycles. The summed E-state index contributed by atoms with van der Waals surface area (Å²) in [6.07, 6.45) is 4.29. The third kappa shape index (κ3) is 1.24. The van der Waals surface area contributed by atoms with Gasteiger partial charge in [-0.25, -0.2) is 9.97 Å².